The molecule has 0 fully saturated rings. The first kappa shape index (κ1) is 13.7. The standard InChI is InChI=1S/C16H21NO2/c1-12-9-17(14-8-6-5-7-13(12)14)10-15(18)19-11-16(2,3)4/h5-9H,10-11H2,1-4H3. The monoisotopic (exact) mass is 259 g/mol. The van der Waals surface area contributed by atoms with Crippen molar-refractivity contribution in [2.45, 2.75) is 34.2 Å². The van der Waals surface area contributed by atoms with E-state index in [1.165, 1.54) is 10.9 Å². The van der Waals surface area contributed by atoms with Crippen LogP contribution in [0.25, 0.3) is 10.9 Å². The van der Waals surface area contributed by atoms with Crippen molar-refractivity contribution in [2.75, 3.05) is 6.61 Å². The van der Waals surface area contributed by atoms with Crippen LogP contribution in [0.2, 0.25) is 0 Å². The Morgan fingerprint density at radius 3 is 2.63 bits per heavy atom. The summed E-state index contributed by atoms with van der Waals surface area (Å²) in [6, 6.07) is 8.09. The Labute approximate surface area is 114 Å². The van der Waals surface area contributed by atoms with E-state index in [1.807, 2.05) is 29.0 Å². The maximum absolute atomic E-state index is 11.9. The molecule has 0 saturated heterocycles. The molecule has 1 aromatic heterocycles. The van der Waals surface area contributed by atoms with Crippen LogP contribution in [-0.4, -0.2) is 17.1 Å². The molecule has 0 aliphatic rings. The van der Waals surface area contributed by atoms with Gasteiger partial charge in [0.15, 0.2) is 0 Å². The SMILES string of the molecule is Cc1cn(CC(=O)OCC(C)(C)C)c2ccccc12. The van der Waals surface area contributed by atoms with Gasteiger partial charge in [-0.25, -0.2) is 0 Å². The predicted octanol–water partition coefficient (Wildman–Crippen LogP) is 3.54. The molecule has 3 heteroatoms. The van der Waals surface area contributed by atoms with Crippen molar-refractivity contribution < 1.29 is 9.53 Å². The van der Waals surface area contributed by atoms with Crippen molar-refractivity contribution in [2.24, 2.45) is 5.41 Å². The molecular formula is C16H21NO2. The van der Waals surface area contributed by atoms with Crippen LogP contribution < -0.4 is 0 Å². The van der Waals surface area contributed by atoms with E-state index in [9.17, 15) is 4.79 Å². The zero-order chi connectivity index (χ0) is 14.0. The van der Waals surface area contributed by atoms with Gasteiger partial charge in [-0.05, 0) is 24.0 Å². The van der Waals surface area contributed by atoms with E-state index >= 15 is 0 Å². The smallest absolute Gasteiger partial charge is 0.325 e. The maximum Gasteiger partial charge on any atom is 0.325 e. The average molecular weight is 259 g/mol. The third-order valence-electron chi connectivity index (χ3n) is 2.95. The number of aryl methyl sites for hydroxylation is 1. The molecule has 0 radical (unpaired) electrons. The van der Waals surface area contributed by atoms with Crippen molar-refractivity contribution >= 4 is 16.9 Å². The van der Waals surface area contributed by atoms with Gasteiger partial charge in [0.05, 0.1) is 6.61 Å². The van der Waals surface area contributed by atoms with Gasteiger partial charge in [-0.2, -0.15) is 0 Å². The second-order valence-corrected chi connectivity index (χ2v) is 6.18. The molecule has 2 aromatic rings. The number of rotatable bonds is 3. The van der Waals surface area contributed by atoms with Gasteiger partial charge in [-0.15, -0.1) is 0 Å². The summed E-state index contributed by atoms with van der Waals surface area (Å²) < 4.78 is 7.26. The minimum atomic E-state index is -0.185. The van der Waals surface area contributed by atoms with Crippen LogP contribution in [0.15, 0.2) is 30.5 Å². The van der Waals surface area contributed by atoms with Crippen molar-refractivity contribution in [1.82, 2.24) is 4.57 Å². The molecule has 19 heavy (non-hydrogen) atoms. The van der Waals surface area contributed by atoms with Gasteiger partial charge in [-0.3, -0.25) is 4.79 Å². The fraction of sp³-hybridized carbons (Fsp3) is 0.438. The summed E-state index contributed by atoms with van der Waals surface area (Å²) in [6.45, 7) is 8.92. The van der Waals surface area contributed by atoms with Gasteiger partial charge in [0, 0.05) is 17.1 Å². The molecule has 1 aromatic carbocycles. The van der Waals surface area contributed by atoms with Gasteiger partial charge >= 0.3 is 5.97 Å². The largest absolute Gasteiger partial charge is 0.464 e. The van der Waals surface area contributed by atoms with E-state index < -0.39 is 0 Å². The zero-order valence-electron chi connectivity index (χ0n) is 12.1. The highest BCUT2D eigenvalue weighted by Crippen LogP contribution is 2.20. The molecule has 0 aliphatic carbocycles. The summed E-state index contributed by atoms with van der Waals surface area (Å²) in [6.07, 6.45) is 2.00. The molecule has 102 valence electrons. The van der Waals surface area contributed by atoms with Gasteiger partial charge in [0.25, 0.3) is 0 Å². The van der Waals surface area contributed by atoms with E-state index in [1.54, 1.807) is 0 Å². The normalized spacial score (nSPS) is 11.8. The second kappa shape index (κ2) is 5.08. The minimum absolute atomic E-state index is 0.00430. The predicted molar refractivity (Wildman–Crippen MR) is 77.1 cm³/mol. The lowest BCUT2D eigenvalue weighted by molar-refractivity contribution is -0.147. The Kier molecular flexibility index (Phi) is 3.65. The number of hydrogen-bond acceptors (Lipinski definition) is 2. The summed E-state index contributed by atoms with van der Waals surface area (Å²) in [7, 11) is 0. The Hall–Kier alpha value is -1.77. The van der Waals surface area contributed by atoms with Gasteiger partial charge in [0.2, 0.25) is 0 Å². The quantitative estimate of drug-likeness (QED) is 0.789. The van der Waals surface area contributed by atoms with E-state index in [2.05, 4.69) is 33.8 Å². The molecular weight excluding hydrogens is 238 g/mol. The van der Waals surface area contributed by atoms with Gasteiger partial charge in [0.1, 0.15) is 6.54 Å². The number of carbonyl (C=O) groups is 1. The molecule has 0 aliphatic heterocycles. The Morgan fingerprint density at radius 2 is 1.95 bits per heavy atom. The summed E-state index contributed by atoms with van der Waals surface area (Å²) in [5.74, 6) is -0.185. The Bertz CT molecular complexity index is 590. The average Bonchev–Trinajstić information content (AvgIpc) is 2.64. The van der Waals surface area contributed by atoms with Crippen molar-refractivity contribution in [3.05, 3.63) is 36.0 Å². The molecule has 0 atom stereocenters. The third kappa shape index (κ3) is 3.37. The lowest BCUT2D eigenvalue weighted by Gasteiger charge is -2.18. The van der Waals surface area contributed by atoms with Crippen LogP contribution in [0, 0.1) is 12.3 Å². The molecule has 0 bridgehead atoms. The number of para-hydroxylation sites is 1. The second-order valence-electron chi connectivity index (χ2n) is 6.18. The fourth-order valence-electron chi connectivity index (χ4n) is 2.04. The number of carbonyl (C=O) groups excluding carboxylic acids is 1. The maximum atomic E-state index is 11.9. The van der Waals surface area contributed by atoms with E-state index in [-0.39, 0.29) is 17.9 Å². The number of ether oxygens (including phenoxy) is 1. The zero-order valence-corrected chi connectivity index (χ0v) is 12.1. The lowest BCUT2D eigenvalue weighted by Crippen LogP contribution is -2.21. The Balaban J connectivity index is 2.11. The number of aromatic nitrogens is 1. The first-order valence-electron chi connectivity index (χ1n) is 6.57. The molecule has 1 heterocycles. The van der Waals surface area contributed by atoms with E-state index in [4.69, 9.17) is 4.74 Å². The van der Waals surface area contributed by atoms with Crippen LogP contribution >= 0.6 is 0 Å². The lowest BCUT2D eigenvalue weighted by atomic mass is 9.99. The molecule has 0 N–H and O–H groups in total. The van der Waals surface area contributed by atoms with Crippen molar-refractivity contribution in [3.63, 3.8) is 0 Å². The number of esters is 1. The van der Waals surface area contributed by atoms with Crippen molar-refractivity contribution in [3.8, 4) is 0 Å². The first-order chi connectivity index (χ1) is 8.87. The van der Waals surface area contributed by atoms with Crippen LogP contribution in [0.4, 0.5) is 0 Å². The third-order valence-corrected chi connectivity index (χ3v) is 2.95. The number of benzene rings is 1. The van der Waals surface area contributed by atoms with Crippen molar-refractivity contribution in [1.29, 1.82) is 0 Å². The summed E-state index contributed by atoms with van der Waals surface area (Å²) in [4.78, 5) is 11.9. The molecule has 0 saturated carbocycles. The molecule has 0 spiro atoms. The van der Waals surface area contributed by atoms with Crippen LogP contribution in [0.5, 0.6) is 0 Å². The molecule has 3 nitrogen and oxygen atoms in total. The highest BCUT2D eigenvalue weighted by molar-refractivity contribution is 5.85. The number of nitrogens with zero attached hydrogens (tertiary/aromatic N) is 1. The number of fused-ring (bicyclic) bond motifs is 1. The fourth-order valence-corrected chi connectivity index (χ4v) is 2.04. The highest BCUT2D eigenvalue weighted by atomic mass is 16.5. The molecule has 0 amide bonds. The van der Waals surface area contributed by atoms with Gasteiger partial charge in [-0.1, -0.05) is 39.0 Å². The first-order valence-corrected chi connectivity index (χ1v) is 6.57. The summed E-state index contributed by atoms with van der Waals surface area (Å²) >= 11 is 0. The highest BCUT2D eigenvalue weighted by Gasteiger charge is 2.15. The minimum Gasteiger partial charge on any atom is -0.464 e. The summed E-state index contributed by atoms with van der Waals surface area (Å²) in [5.41, 5.74) is 2.26. The van der Waals surface area contributed by atoms with E-state index in [0.29, 0.717) is 6.61 Å². The molecule has 0 unspecified atom stereocenters. The Morgan fingerprint density at radius 1 is 1.26 bits per heavy atom. The topological polar surface area (TPSA) is 31.2 Å². The summed E-state index contributed by atoms with van der Waals surface area (Å²) in [5, 5.41) is 1.19. The van der Waals surface area contributed by atoms with Crippen LogP contribution in [0.1, 0.15) is 26.3 Å². The van der Waals surface area contributed by atoms with Crippen LogP contribution in [-0.2, 0) is 16.1 Å². The van der Waals surface area contributed by atoms with E-state index in [0.717, 1.165) is 5.52 Å². The number of hydrogen-bond donors (Lipinski definition) is 0. The van der Waals surface area contributed by atoms with Gasteiger partial charge < -0.3 is 9.30 Å². The van der Waals surface area contributed by atoms with Crippen LogP contribution in [0.3, 0.4) is 0 Å². The molecule has 2 rings (SSSR count).